The molecule has 1 amide bonds. The number of Topliss-reactive ketones (excluding diaryl/α,β-unsaturated/α-hetero) is 1. The molecule has 1 aromatic heterocycles. The van der Waals surface area contributed by atoms with Crippen molar-refractivity contribution in [3.05, 3.63) is 80.9 Å². The van der Waals surface area contributed by atoms with E-state index in [0.717, 1.165) is 12.0 Å². The van der Waals surface area contributed by atoms with E-state index in [-0.39, 0.29) is 69.3 Å². The van der Waals surface area contributed by atoms with Crippen molar-refractivity contribution in [3.8, 4) is 0 Å². The number of aliphatic carboxylic acids is 1. The average Bonchev–Trinajstić information content (AvgIpc) is 3.65. The van der Waals surface area contributed by atoms with E-state index in [9.17, 15) is 29.7 Å². The SMILES string of the molecule is CC[C@H]1C[C@]23OC(=O)C(=C(O)[C@@]4(CC)[C@@H]5CC[C@H](C)[C@H](O[C@H]6C[C@@H](O)[C@H](NC(=O)c7[nH]c(Cl)cc7Cl)[C@@H](C)O6)[C@H]5C=C[C@H]4CC=CC/C(C)=C\[C@@]2(C)C=C1C(=O)O)C3=O. The average molecular weight is 856 g/mol. The molecule has 6 aliphatic rings. The summed E-state index contributed by atoms with van der Waals surface area (Å²) in [5, 5.41) is 37.6. The van der Waals surface area contributed by atoms with Crippen LogP contribution in [0.5, 0.6) is 0 Å². The minimum absolute atomic E-state index is 0.0225. The van der Waals surface area contributed by atoms with E-state index in [1.54, 1.807) is 19.9 Å². The monoisotopic (exact) mass is 854 g/mol. The lowest BCUT2D eigenvalue weighted by Gasteiger charge is -2.55. The molecule has 1 spiro atoms. The lowest BCUT2D eigenvalue weighted by atomic mass is 9.51. The van der Waals surface area contributed by atoms with Crippen molar-refractivity contribution in [2.75, 3.05) is 0 Å². The molecule has 13 atom stereocenters. The highest BCUT2D eigenvalue weighted by Gasteiger charge is 2.67. The number of aliphatic hydroxyl groups is 2. The number of rotatable bonds is 7. The predicted octanol–water partition coefficient (Wildman–Crippen LogP) is 7.97. The Morgan fingerprint density at radius 3 is 2.49 bits per heavy atom. The lowest BCUT2D eigenvalue weighted by molar-refractivity contribution is -0.258. The number of fused-ring (bicyclic) bond motifs is 4. The highest BCUT2D eigenvalue weighted by molar-refractivity contribution is 6.36. The second-order valence-corrected chi connectivity index (χ2v) is 18.6. The van der Waals surface area contributed by atoms with E-state index in [4.69, 9.17) is 37.4 Å². The smallest absolute Gasteiger partial charge is 0.346 e. The first-order valence-corrected chi connectivity index (χ1v) is 21.7. The van der Waals surface area contributed by atoms with Gasteiger partial charge in [0.1, 0.15) is 22.2 Å². The highest BCUT2D eigenvalue weighted by Crippen LogP contribution is 2.61. The molecular formula is C45H56Cl2N2O10. The predicted molar refractivity (Wildman–Crippen MR) is 220 cm³/mol. The van der Waals surface area contributed by atoms with Crippen molar-refractivity contribution in [1.29, 1.82) is 0 Å². The fraction of sp³-hybridized carbons (Fsp3) is 0.600. The van der Waals surface area contributed by atoms with Crippen LogP contribution < -0.4 is 5.32 Å². The van der Waals surface area contributed by atoms with Gasteiger partial charge in [-0.1, -0.05) is 86.0 Å². The largest absolute Gasteiger partial charge is 0.511 e. The van der Waals surface area contributed by atoms with Gasteiger partial charge in [-0.25, -0.2) is 9.59 Å². The minimum atomic E-state index is -1.75. The van der Waals surface area contributed by atoms with E-state index in [1.165, 1.54) is 6.07 Å². The second-order valence-electron chi connectivity index (χ2n) is 17.8. The summed E-state index contributed by atoms with van der Waals surface area (Å²) in [5.41, 5.74) is -3.32. The van der Waals surface area contributed by atoms with Gasteiger partial charge in [-0.15, -0.1) is 0 Å². The van der Waals surface area contributed by atoms with Gasteiger partial charge in [0.2, 0.25) is 5.78 Å². The van der Waals surface area contributed by atoms with Crippen LogP contribution in [0, 0.1) is 40.4 Å². The molecule has 5 N–H and O–H groups in total. The molecule has 4 aliphatic carbocycles. The second kappa shape index (κ2) is 16.3. The van der Waals surface area contributed by atoms with Gasteiger partial charge in [-0.05, 0) is 89.0 Å². The van der Waals surface area contributed by atoms with E-state index in [2.05, 4.69) is 41.5 Å². The Balaban J connectivity index is 1.23. The molecule has 2 saturated heterocycles. The van der Waals surface area contributed by atoms with Gasteiger partial charge in [0.05, 0.1) is 34.8 Å². The normalized spacial score (nSPS) is 40.6. The first kappa shape index (κ1) is 43.4. The van der Waals surface area contributed by atoms with Crippen molar-refractivity contribution in [3.63, 3.8) is 0 Å². The molecule has 7 rings (SSSR count). The van der Waals surface area contributed by atoms with Gasteiger partial charge in [0, 0.05) is 29.7 Å². The zero-order valence-corrected chi connectivity index (χ0v) is 35.9. The third-order valence-electron chi connectivity index (χ3n) is 14.4. The van der Waals surface area contributed by atoms with Crippen LogP contribution in [0.15, 0.2) is 65.0 Å². The maximum Gasteiger partial charge on any atom is 0.346 e. The van der Waals surface area contributed by atoms with Crippen LogP contribution in [-0.4, -0.2) is 80.2 Å². The third-order valence-corrected chi connectivity index (χ3v) is 14.9. The Morgan fingerprint density at radius 2 is 1.85 bits per heavy atom. The number of carboxylic acid groups (broad SMARTS) is 1. The van der Waals surface area contributed by atoms with Crippen LogP contribution in [0.3, 0.4) is 0 Å². The number of hydrogen-bond acceptors (Lipinski definition) is 9. The molecule has 3 heterocycles. The Hall–Kier alpha value is -3.68. The first-order valence-electron chi connectivity index (χ1n) is 20.9. The molecule has 12 nitrogen and oxygen atoms in total. The highest BCUT2D eigenvalue weighted by atomic mass is 35.5. The summed E-state index contributed by atoms with van der Waals surface area (Å²) in [6.45, 7) is 11.4. The summed E-state index contributed by atoms with van der Waals surface area (Å²) < 4.78 is 19.4. The Bertz CT molecular complexity index is 2040. The van der Waals surface area contributed by atoms with Crippen LogP contribution in [0.2, 0.25) is 10.2 Å². The maximum absolute atomic E-state index is 15.2. The molecule has 1 saturated carbocycles. The Kier molecular flexibility index (Phi) is 12.0. The van der Waals surface area contributed by atoms with Crippen molar-refractivity contribution >= 4 is 46.8 Å². The number of allylic oxidation sites excluding steroid dienone is 5. The number of hydrogen-bond donors (Lipinski definition) is 5. The number of ketones is 1. The summed E-state index contributed by atoms with van der Waals surface area (Å²) in [4.78, 5) is 57.7. The molecule has 59 heavy (non-hydrogen) atoms. The van der Waals surface area contributed by atoms with Gasteiger partial charge in [-0.2, -0.15) is 0 Å². The quantitative estimate of drug-likeness (QED) is 0.102. The van der Waals surface area contributed by atoms with Crippen molar-refractivity contribution < 1.29 is 48.7 Å². The molecule has 2 aliphatic heterocycles. The zero-order valence-electron chi connectivity index (χ0n) is 34.4. The Morgan fingerprint density at radius 1 is 1.10 bits per heavy atom. The molecule has 3 fully saturated rings. The van der Waals surface area contributed by atoms with Crippen molar-refractivity contribution in [1.82, 2.24) is 10.3 Å². The van der Waals surface area contributed by atoms with Gasteiger partial charge >= 0.3 is 11.9 Å². The number of amides is 1. The standard InChI is InChI=1S/C45H56Cl2N2O10/c1-7-25-20-45-39(52)34(42(56)59-45)38(51)44(8-2)26(12-10-9-11-22(3)19-43(45,6)21-28(25)41(54)55)14-15-27-29(44)16-13-23(4)37(27)58-33-18-31(50)35(24(5)57-33)49-40(53)36-30(46)17-32(47)48-36/h9-10,14-15,17,19,21,23-27,29,31,33,35,37,48,50-51H,7-8,11-13,16,18,20H2,1-6H3,(H,49,53)(H,54,55)/b10-9?,22-19-,38-34?/t23-,24+,25-,26+,27-,29+,31+,33-,35+,37-,43-,44+,45+/m0/s1. The zero-order chi connectivity index (χ0) is 42.8. The minimum Gasteiger partial charge on any atom is -0.511 e. The molecular weight excluding hydrogens is 799 g/mol. The number of ether oxygens (including phenoxy) is 3. The molecule has 2 bridgehead atoms. The van der Waals surface area contributed by atoms with Crippen LogP contribution in [0.25, 0.3) is 0 Å². The first-order chi connectivity index (χ1) is 27.9. The summed E-state index contributed by atoms with van der Waals surface area (Å²) in [5.74, 6) is -4.71. The van der Waals surface area contributed by atoms with E-state index >= 15 is 4.79 Å². The van der Waals surface area contributed by atoms with Gasteiger partial charge in [0.25, 0.3) is 5.91 Å². The van der Waals surface area contributed by atoms with Crippen molar-refractivity contribution in [2.45, 2.75) is 129 Å². The number of aromatic nitrogens is 1. The number of aromatic amines is 1. The number of nitrogens with one attached hydrogen (secondary N) is 2. The molecule has 0 unspecified atom stereocenters. The van der Waals surface area contributed by atoms with Gasteiger partial charge < -0.3 is 39.8 Å². The molecule has 14 heteroatoms. The summed E-state index contributed by atoms with van der Waals surface area (Å²) in [6, 6.07) is 0.664. The molecule has 1 aromatic rings. The van der Waals surface area contributed by atoms with Crippen LogP contribution in [0.4, 0.5) is 0 Å². The number of H-pyrrole nitrogens is 1. The van der Waals surface area contributed by atoms with Crippen LogP contribution in [0.1, 0.15) is 103 Å². The topological polar surface area (TPSA) is 184 Å². The molecule has 0 aromatic carbocycles. The number of carbonyl (C=O) groups excluding carboxylic acids is 3. The summed E-state index contributed by atoms with van der Waals surface area (Å²) in [6.07, 6.45) is 12.3. The van der Waals surface area contributed by atoms with E-state index in [1.807, 2.05) is 26.8 Å². The number of carbonyl (C=O) groups is 4. The fourth-order valence-corrected chi connectivity index (χ4v) is 11.9. The summed E-state index contributed by atoms with van der Waals surface area (Å²) >= 11 is 12.2. The Labute approximate surface area is 355 Å². The number of aliphatic hydroxyl groups excluding tert-OH is 2. The van der Waals surface area contributed by atoms with Gasteiger partial charge in [0.15, 0.2) is 11.9 Å². The van der Waals surface area contributed by atoms with E-state index < -0.39 is 76.6 Å². The van der Waals surface area contributed by atoms with Gasteiger partial charge in [-0.3, -0.25) is 9.59 Å². The number of carboxylic acids is 1. The van der Waals surface area contributed by atoms with E-state index in [0.29, 0.717) is 32.1 Å². The van der Waals surface area contributed by atoms with Crippen LogP contribution >= 0.6 is 23.2 Å². The fourth-order valence-electron chi connectivity index (χ4n) is 11.4. The number of halogens is 2. The molecule has 320 valence electrons. The third kappa shape index (κ3) is 7.24. The van der Waals surface area contributed by atoms with Crippen molar-refractivity contribution in [2.24, 2.45) is 40.4 Å². The molecule has 0 radical (unpaired) electrons. The lowest BCUT2D eigenvalue weighted by Crippen LogP contribution is -2.58. The summed E-state index contributed by atoms with van der Waals surface area (Å²) in [7, 11) is 0. The maximum atomic E-state index is 15.2. The van der Waals surface area contributed by atoms with Crippen LogP contribution in [-0.2, 0) is 28.6 Å². The number of esters is 1.